The van der Waals surface area contributed by atoms with Gasteiger partial charge in [0.1, 0.15) is 0 Å². The Morgan fingerprint density at radius 1 is 1.50 bits per heavy atom. The average molecular weight is 197 g/mol. The van der Waals surface area contributed by atoms with Gasteiger partial charge in [0.25, 0.3) is 0 Å². The third-order valence-corrected chi connectivity index (χ3v) is 3.05. The molecular weight excluding hydrogens is 182 g/mol. The molecule has 1 saturated heterocycles. The fourth-order valence-corrected chi connectivity index (χ4v) is 2.18. The SMILES string of the molecule is NC(=O)C[C@H](N)C(=O)N1CC[C@@H]2C[C@@H]21. The van der Waals surface area contributed by atoms with Crippen LogP contribution in [-0.4, -0.2) is 35.3 Å². The smallest absolute Gasteiger partial charge is 0.240 e. The molecule has 1 aliphatic carbocycles. The van der Waals surface area contributed by atoms with E-state index in [0.29, 0.717) is 12.0 Å². The summed E-state index contributed by atoms with van der Waals surface area (Å²) < 4.78 is 0. The van der Waals surface area contributed by atoms with Crippen molar-refractivity contribution in [2.75, 3.05) is 6.54 Å². The molecule has 0 spiro atoms. The molecule has 0 bridgehead atoms. The van der Waals surface area contributed by atoms with E-state index in [1.807, 2.05) is 0 Å². The fourth-order valence-electron chi connectivity index (χ4n) is 2.18. The number of primary amides is 1. The summed E-state index contributed by atoms with van der Waals surface area (Å²) in [5, 5.41) is 0. The standard InChI is InChI=1S/C9H15N3O2/c10-6(4-8(11)13)9(14)12-2-1-5-3-7(5)12/h5-7H,1-4,10H2,(H2,11,13)/t5-,6+,7+/m1/s1. The van der Waals surface area contributed by atoms with Crippen LogP contribution in [-0.2, 0) is 9.59 Å². The van der Waals surface area contributed by atoms with Crippen molar-refractivity contribution < 1.29 is 9.59 Å². The number of piperidine rings is 1. The summed E-state index contributed by atoms with van der Waals surface area (Å²) in [6.07, 6.45) is 2.14. The number of nitrogens with zero attached hydrogens (tertiary/aromatic N) is 1. The Labute approximate surface area is 82.4 Å². The van der Waals surface area contributed by atoms with Gasteiger partial charge in [-0.1, -0.05) is 0 Å². The number of carbonyl (C=O) groups is 2. The molecule has 5 nitrogen and oxygen atoms in total. The van der Waals surface area contributed by atoms with Crippen molar-refractivity contribution in [3.05, 3.63) is 0 Å². The third kappa shape index (κ3) is 1.59. The molecule has 2 fully saturated rings. The first-order chi connectivity index (χ1) is 6.59. The minimum absolute atomic E-state index is 0.0489. The number of fused-ring (bicyclic) bond motifs is 1. The Bertz CT molecular complexity index is 279. The molecule has 78 valence electrons. The summed E-state index contributed by atoms with van der Waals surface area (Å²) in [5.41, 5.74) is 10.6. The molecule has 0 aromatic rings. The van der Waals surface area contributed by atoms with Crippen LogP contribution in [0.4, 0.5) is 0 Å². The summed E-state index contributed by atoms with van der Waals surface area (Å²) >= 11 is 0. The van der Waals surface area contributed by atoms with Gasteiger partial charge in [0.05, 0.1) is 12.5 Å². The van der Waals surface area contributed by atoms with Crippen LogP contribution < -0.4 is 11.5 Å². The average Bonchev–Trinajstić information content (AvgIpc) is 2.76. The zero-order valence-corrected chi connectivity index (χ0v) is 7.98. The van der Waals surface area contributed by atoms with Crippen LogP contribution in [0.1, 0.15) is 19.3 Å². The first-order valence-electron chi connectivity index (χ1n) is 4.94. The summed E-state index contributed by atoms with van der Waals surface area (Å²) in [5.74, 6) is 0.0610. The zero-order chi connectivity index (χ0) is 10.3. The van der Waals surface area contributed by atoms with E-state index >= 15 is 0 Å². The molecule has 2 rings (SSSR count). The second kappa shape index (κ2) is 3.24. The van der Waals surface area contributed by atoms with Crippen LogP contribution in [0, 0.1) is 5.92 Å². The second-order valence-electron chi connectivity index (χ2n) is 4.16. The third-order valence-electron chi connectivity index (χ3n) is 3.05. The van der Waals surface area contributed by atoms with Crippen molar-refractivity contribution in [1.82, 2.24) is 4.90 Å². The topological polar surface area (TPSA) is 89.4 Å². The van der Waals surface area contributed by atoms with Gasteiger partial charge < -0.3 is 16.4 Å². The number of likely N-dealkylation sites (tertiary alicyclic amines) is 1. The lowest BCUT2D eigenvalue weighted by molar-refractivity contribution is -0.134. The first kappa shape index (κ1) is 9.45. The van der Waals surface area contributed by atoms with Gasteiger partial charge in [-0.3, -0.25) is 9.59 Å². The Morgan fingerprint density at radius 2 is 2.21 bits per heavy atom. The highest BCUT2D eigenvalue weighted by Crippen LogP contribution is 2.44. The van der Waals surface area contributed by atoms with Gasteiger partial charge in [-0.2, -0.15) is 0 Å². The highest BCUT2D eigenvalue weighted by atomic mass is 16.2. The minimum Gasteiger partial charge on any atom is -0.370 e. The van der Waals surface area contributed by atoms with E-state index in [2.05, 4.69) is 0 Å². The summed E-state index contributed by atoms with van der Waals surface area (Å²) in [4.78, 5) is 24.1. The van der Waals surface area contributed by atoms with Crippen molar-refractivity contribution in [2.24, 2.45) is 17.4 Å². The Hall–Kier alpha value is -1.10. The van der Waals surface area contributed by atoms with Crippen molar-refractivity contribution in [1.29, 1.82) is 0 Å². The van der Waals surface area contributed by atoms with Crippen LogP contribution >= 0.6 is 0 Å². The Balaban J connectivity index is 1.90. The van der Waals surface area contributed by atoms with E-state index in [-0.39, 0.29) is 12.3 Å². The Morgan fingerprint density at radius 3 is 2.64 bits per heavy atom. The molecule has 0 radical (unpaired) electrons. The molecule has 1 heterocycles. The van der Waals surface area contributed by atoms with Crippen molar-refractivity contribution >= 4 is 11.8 Å². The van der Waals surface area contributed by atoms with Gasteiger partial charge in [-0.25, -0.2) is 0 Å². The maximum absolute atomic E-state index is 11.7. The van der Waals surface area contributed by atoms with Gasteiger partial charge in [0.2, 0.25) is 11.8 Å². The molecule has 2 aliphatic rings. The number of rotatable bonds is 3. The fraction of sp³-hybridized carbons (Fsp3) is 0.778. The predicted octanol–water partition coefficient (Wildman–Crippen LogP) is -1.19. The predicted molar refractivity (Wildman–Crippen MR) is 50.0 cm³/mol. The highest BCUT2D eigenvalue weighted by Gasteiger charge is 2.49. The molecule has 1 aliphatic heterocycles. The van der Waals surface area contributed by atoms with Crippen LogP contribution in [0.25, 0.3) is 0 Å². The lowest BCUT2D eigenvalue weighted by Gasteiger charge is -2.21. The van der Waals surface area contributed by atoms with E-state index in [0.717, 1.165) is 19.4 Å². The minimum atomic E-state index is -0.744. The van der Waals surface area contributed by atoms with Gasteiger partial charge >= 0.3 is 0 Å². The number of hydrogen-bond acceptors (Lipinski definition) is 3. The number of carbonyl (C=O) groups excluding carboxylic acids is 2. The Kier molecular flexibility index (Phi) is 2.19. The molecular formula is C9H15N3O2. The lowest BCUT2D eigenvalue weighted by Crippen LogP contribution is -2.45. The van der Waals surface area contributed by atoms with E-state index in [4.69, 9.17) is 11.5 Å². The normalized spacial score (nSPS) is 31.1. The zero-order valence-electron chi connectivity index (χ0n) is 7.98. The van der Waals surface area contributed by atoms with Crippen molar-refractivity contribution in [3.63, 3.8) is 0 Å². The summed E-state index contributed by atoms with van der Waals surface area (Å²) in [6, 6.07) is -0.340. The molecule has 1 saturated carbocycles. The monoisotopic (exact) mass is 197 g/mol. The summed E-state index contributed by atoms with van der Waals surface area (Å²) in [7, 11) is 0. The number of hydrogen-bond donors (Lipinski definition) is 2. The van der Waals surface area contributed by atoms with Gasteiger partial charge in [0, 0.05) is 12.6 Å². The van der Waals surface area contributed by atoms with E-state index in [9.17, 15) is 9.59 Å². The summed E-state index contributed by atoms with van der Waals surface area (Å²) in [6.45, 7) is 0.792. The quantitative estimate of drug-likeness (QED) is 0.596. The lowest BCUT2D eigenvalue weighted by atomic mass is 10.2. The maximum Gasteiger partial charge on any atom is 0.240 e. The van der Waals surface area contributed by atoms with E-state index < -0.39 is 11.9 Å². The number of amides is 2. The maximum atomic E-state index is 11.7. The molecule has 0 aromatic carbocycles. The highest BCUT2D eigenvalue weighted by molar-refractivity contribution is 5.88. The van der Waals surface area contributed by atoms with Crippen molar-refractivity contribution in [2.45, 2.75) is 31.3 Å². The molecule has 0 unspecified atom stereocenters. The van der Waals surface area contributed by atoms with Crippen LogP contribution in [0.5, 0.6) is 0 Å². The van der Waals surface area contributed by atoms with E-state index in [1.165, 1.54) is 0 Å². The molecule has 2 amide bonds. The van der Waals surface area contributed by atoms with Gasteiger partial charge in [-0.05, 0) is 18.8 Å². The second-order valence-corrected chi connectivity index (χ2v) is 4.16. The molecule has 3 atom stereocenters. The van der Waals surface area contributed by atoms with Crippen molar-refractivity contribution in [3.8, 4) is 0 Å². The van der Waals surface area contributed by atoms with E-state index in [1.54, 1.807) is 4.90 Å². The molecule has 5 heteroatoms. The van der Waals surface area contributed by atoms with Gasteiger partial charge in [-0.15, -0.1) is 0 Å². The number of nitrogens with two attached hydrogens (primary N) is 2. The van der Waals surface area contributed by atoms with Gasteiger partial charge in [0.15, 0.2) is 0 Å². The molecule has 14 heavy (non-hydrogen) atoms. The molecule has 0 aromatic heterocycles. The van der Waals surface area contributed by atoms with Crippen LogP contribution in [0.3, 0.4) is 0 Å². The molecule has 4 N–H and O–H groups in total. The largest absolute Gasteiger partial charge is 0.370 e. The van der Waals surface area contributed by atoms with Crippen LogP contribution in [0.2, 0.25) is 0 Å². The van der Waals surface area contributed by atoms with Crippen LogP contribution in [0.15, 0.2) is 0 Å². The first-order valence-corrected chi connectivity index (χ1v) is 4.94.